The third-order valence-electron chi connectivity index (χ3n) is 6.73. The number of hydrogen-bond acceptors (Lipinski definition) is 7. The van der Waals surface area contributed by atoms with Gasteiger partial charge in [0, 0.05) is 24.7 Å². The molecule has 0 saturated carbocycles. The van der Waals surface area contributed by atoms with Crippen LogP contribution in [0.3, 0.4) is 0 Å². The molecule has 2 aliphatic heterocycles. The van der Waals surface area contributed by atoms with Gasteiger partial charge in [0.15, 0.2) is 5.82 Å². The predicted molar refractivity (Wildman–Crippen MR) is 138 cm³/mol. The second kappa shape index (κ2) is 9.48. The Morgan fingerprint density at radius 1 is 1.19 bits per heavy atom. The number of nitrogens with zero attached hydrogens (tertiary/aromatic N) is 6. The summed E-state index contributed by atoms with van der Waals surface area (Å²) in [5, 5.41) is 15.5. The zero-order chi connectivity index (χ0) is 26.5. The molecule has 1 fully saturated rings. The molecule has 1 N–H and O–H groups in total. The van der Waals surface area contributed by atoms with Crippen molar-refractivity contribution in [3.8, 4) is 28.7 Å². The van der Waals surface area contributed by atoms with Gasteiger partial charge in [-0.15, -0.1) is 0 Å². The number of carbonyl (C=O) groups excluding carboxylic acids is 1. The second-order valence-electron chi connectivity index (χ2n) is 11.2. The smallest absolute Gasteiger partial charge is 0.410 e. The number of amides is 1. The number of imidazole rings is 1. The van der Waals surface area contributed by atoms with Gasteiger partial charge in [0.25, 0.3) is 0 Å². The van der Waals surface area contributed by atoms with E-state index in [0.717, 1.165) is 40.0 Å². The Kier molecular flexibility index (Phi) is 6.47. The zero-order valence-corrected chi connectivity index (χ0v) is 22.4. The van der Waals surface area contributed by atoms with E-state index in [9.17, 15) is 9.90 Å². The van der Waals surface area contributed by atoms with Crippen LogP contribution in [0.5, 0.6) is 5.75 Å². The number of likely N-dealkylation sites (tertiary alicyclic amines) is 1. The molecule has 2 atom stereocenters. The average molecular weight is 509 g/mol. The zero-order valence-electron chi connectivity index (χ0n) is 22.4. The van der Waals surface area contributed by atoms with Crippen LogP contribution in [0.4, 0.5) is 4.79 Å². The van der Waals surface area contributed by atoms with E-state index in [0.29, 0.717) is 26.1 Å². The van der Waals surface area contributed by atoms with E-state index in [2.05, 4.69) is 28.5 Å². The van der Waals surface area contributed by atoms with Crippen molar-refractivity contribution in [3.05, 3.63) is 35.8 Å². The summed E-state index contributed by atoms with van der Waals surface area (Å²) in [6.45, 7) is 13.5. The first-order valence-electron chi connectivity index (χ1n) is 12.9. The maximum atomic E-state index is 12.5. The van der Waals surface area contributed by atoms with Crippen molar-refractivity contribution in [2.24, 2.45) is 0 Å². The van der Waals surface area contributed by atoms with Crippen molar-refractivity contribution in [1.82, 2.24) is 29.2 Å². The van der Waals surface area contributed by atoms with Crippen LogP contribution in [0.2, 0.25) is 0 Å². The van der Waals surface area contributed by atoms with E-state index in [-0.39, 0.29) is 24.6 Å². The largest absolute Gasteiger partial charge is 0.491 e. The lowest BCUT2D eigenvalue weighted by Gasteiger charge is -2.37. The van der Waals surface area contributed by atoms with E-state index in [1.807, 2.05) is 56.8 Å². The van der Waals surface area contributed by atoms with Crippen molar-refractivity contribution in [2.45, 2.75) is 78.2 Å². The molecule has 10 nitrogen and oxygen atoms in total. The van der Waals surface area contributed by atoms with Crippen LogP contribution in [0.1, 0.15) is 64.4 Å². The number of β-amino-alcohol motifs (C(OH)–C–C–N with tert-alkyl or cyclic N) is 1. The summed E-state index contributed by atoms with van der Waals surface area (Å²) >= 11 is 0. The number of fused-ring (bicyclic) bond motifs is 3. The highest BCUT2D eigenvalue weighted by atomic mass is 16.6. The fourth-order valence-electron chi connectivity index (χ4n) is 5.01. The lowest BCUT2D eigenvalue weighted by Crippen LogP contribution is -2.47. The highest BCUT2D eigenvalue weighted by Gasteiger charge is 2.34. The Hall–Kier alpha value is -3.40. The SMILES string of the molecule is Cc1nc(-c2cn3c(n2)-c2ccc([C@@H]4CCN(C(=O)OC(C)(C)C)C[C@@H]4O)cc2OCC3)n(C(C)C)n1. The van der Waals surface area contributed by atoms with Crippen LogP contribution in [-0.4, -0.2) is 71.8 Å². The number of aliphatic hydroxyl groups excluding tert-OH is 1. The van der Waals surface area contributed by atoms with Crippen LogP contribution in [0.25, 0.3) is 22.9 Å². The third-order valence-corrected chi connectivity index (χ3v) is 6.73. The molecule has 2 aromatic heterocycles. The normalized spacial score (nSPS) is 19.7. The number of aryl methyl sites for hydroxylation is 1. The van der Waals surface area contributed by atoms with Gasteiger partial charge in [-0.1, -0.05) is 6.07 Å². The first-order chi connectivity index (χ1) is 17.5. The van der Waals surface area contributed by atoms with Gasteiger partial charge in [0.05, 0.1) is 24.8 Å². The maximum Gasteiger partial charge on any atom is 0.410 e. The van der Waals surface area contributed by atoms with Gasteiger partial charge in [-0.3, -0.25) is 0 Å². The number of piperidine rings is 1. The van der Waals surface area contributed by atoms with E-state index in [4.69, 9.17) is 14.5 Å². The van der Waals surface area contributed by atoms with Gasteiger partial charge in [0.2, 0.25) is 0 Å². The van der Waals surface area contributed by atoms with Gasteiger partial charge in [-0.2, -0.15) is 5.10 Å². The minimum Gasteiger partial charge on any atom is -0.491 e. The quantitative estimate of drug-likeness (QED) is 0.566. The second-order valence-corrected chi connectivity index (χ2v) is 11.2. The van der Waals surface area contributed by atoms with E-state index >= 15 is 0 Å². The Morgan fingerprint density at radius 2 is 1.97 bits per heavy atom. The topological polar surface area (TPSA) is 108 Å². The highest BCUT2D eigenvalue weighted by molar-refractivity contribution is 5.70. The molecule has 0 spiro atoms. The molecule has 4 heterocycles. The summed E-state index contributed by atoms with van der Waals surface area (Å²) in [6, 6.07) is 6.23. The summed E-state index contributed by atoms with van der Waals surface area (Å²) in [5.41, 5.74) is 2.11. The number of rotatable bonds is 3. The number of ether oxygens (including phenoxy) is 2. The molecule has 0 unspecified atom stereocenters. The van der Waals surface area contributed by atoms with Crippen LogP contribution < -0.4 is 4.74 Å². The Balaban J connectivity index is 1.39. The van der Waals surface area contributed by atoms with Gasteiger partial charge in [-0.25, -0.2) is 19.4 Å². The average Bonchev–Trinajstić information content (AvgIpc) is 3.37. The van der Waals surface area contributed by atoms with Crippen LogP contribution in [-0.2, 0) is 11.3 Å². The van der Waals surface area contributed by atoms with Gasteiger partial charge < -0.3 is 24.0 Å². The molecule has 0 bridgehead atoms. The standard InChI is InChI=1S/C27H36N6O4/c1-16(2)33-25(28-17(3)30-33)21-14-31-11-12-36-23-13-18(7-8-20(23)24(31)29-21)19-9-10-32(15-22(19)34)26(35)37-27(4,5)6/h7-8,13-14,16,19,22,34H,9-12,15H2,1-6H3/t19-,22-/m0/s1. The van der Waals surface area contributed by atoms with Crippen molar-refractivity contribution < 1.29 is 19.4 Å². The number of aliphatic hydroxyl groups is 1. The molecular weight excluding hydrogens is 472 g/mol. The molecule has 1 saturated heterocycles. The van der Waals surface area contributed by atoms with E-state index in [1.165, 1.54) is 0 Å². The molecular formula is C27H36N6O4. The Morgan fingerprint density at radius 3 is 2.68 bits per heavy atom. The Labute approximate surface area is 217 Å². The molecule has 1 aromatic carbocycles. The monoisotopic (exact) mass is 508 g/mol. The van der Waals surface area contributed by atoms with Crippen molar-refractivity contribution >= 4 is 6.09 Å². The van der Waals surface area contributed by atoms with E-state index in [1.54, 1.807) is 4.90 Å². The van der Waals surface area contributed by atoms with Crippen LogP contribution >= 0.6 is 0 Å². The first kappa shape index (κ1) is 25.3. The lowest BCUT2D eigenvalue weighted by molar-refractivity contribution is -0.00154. The molecule has 0 aliphatic carbocycles. The summed E-state index contributed by atoms with van der Waals surface area (Å²) in [6.07, 6.45) is 1.58. The number of benzene rings is 1. The molecule has 3 aromatic rings. The minimum atomic E-state index is -0.690. The van der Waals surface area contributed by atoms with Crippen molar-refractivity contribution in [1.29, 1.82) is 0 Å². The third kappa shape index (κ3) is 5.07. The molecule has 1 amide bonds. The van der Waals surface area contributed by atoms with Gasteiger partial charge >= 0.3 is 6.09 Å². The molecule has 10 heteroatoms. The molecule has 2 aliphatic rings. The number of carbonyl (C=O) groups is 1. The first-order valence-corrected chi connectivity index (χ1v) is 12.9. The molecule has 5 rings (SSSR count). The van der Waals surface area contributed by atoms with Crippen LogP contribution in [0, 0.1) is 6.92 Å². The van der Waals surface area contributed by atoms with Crippen molar-refractivity contribution in [3.63, 3.8) is 0 Å². The number of hydrogen-bond donors (Lipinski definition) is 1. The highest BCUT2D eigenvalue weighted by Crippen LogP contribution is 2.38. The molecule has 37 heavy (non-hydrogen) atoms. The van der Waals surface area contributed by atoms with Crippen LogP contribution in [0.15, 0.2) is 24.4 Å². The van der Waals surface area contributed by atoms with E-state index < -0.39 is 11.7 Å². The summed E-state index contributed by atoms with van der Waals surface area (Å²) in [7, 11) is 0. The molecule has 198 valence electrons. The summed E-state index contributed by atoms with van der Waals surface area (Å²) < 4.78 is 15.6. The minimum absolute atomic E-state index is 0.0984. The molecule has 0 radical (unpaired) electrons. The van der Waals surface area contributed by atoms with Crippen molar-refractivity contribution in [2.75, 3.05) is 19.7 Å². The number of aromatic nitrogens is 5. The summed E-state index contributed by atoms with van der Waals surface area (Å²) in [4.78, 5) is 23.6. The Bertz CT molecular complexity index is 1300. The predicted octanol–water partition coefficient (Wildman–Crippen LogP) is 4.18. The lowest BCUT2D eigenvalue weighted by atomic mass is 9.86. The fraction of sp³-hybridized carbons (Fsp3) is 0.556. The summed E-state index contributed by atoms with van der Waals surface area (Å²) in [5.74, 6) is 2.95. The maximum absolute atomic E-state index is 12.5. The fourth-order valence-corrected chi connectivity index (χ4v) is 5.01. The van der Waals surface area contributed by atoms with Gasteiger partial charge in [-0.05, 0) is 65.7 Å². The van der Waals surface area contributed by atoms with Gasteiger partial charge in [0.1, 0.15) is 35.3 Å².